The predicted molar refractivity (Wildman–Crippen MR) is 39.9 cm³/mol. The maximum atomic E-state index is 5.33. The van der Waals surface area contributed by atoms with Gasteiger partial charge in [0.1, 0.15) is 0 Å². The molecule has 2 nitrogen and oxygen atoms in total. The minimum atomic E-state index is 0.885. The quantitative estimate of drug-likeness (QED) is 0.530. The number of ether oxygens (including phenoxy) is 1. The summed E-state index contributed by atoms with van der Waals surface area (Å²) >= 11 is 0. The summed E-state index contributed by atoms with van der Waals surface area (Å²) in [6.07, 6.45) is 1.30. The standard InChI is InChI=1S/C8H15NO/c1-9-4-8(5-9)7-2-3-10-6-7/h7-8H,2-6H2,1H3. The van der Waals surface area contributed by atoms with Crippen LogP contribution in [0.25, 0.3) is 0 Å². The van der Waals surface area contributed by atoms with Crippen molar-refractivity contribution in [3.05, 3.63) is 0 Å². The highest BCUT2D eigenvalue weighted by atomic mass is 16.5. The van der Waals surface area contributed by atoms with E-state index in [2.05, 4.69) is 11.9 Å². The average Bonchev–Trinajstić information content (AvgIpc) is 2.31. The molecule has 2 rings (SSSR count). The Labute approximate surface area is 62.2 Å². The first-order valence-electron chi connectivity index (χ1n) is 4.12. The second-order valence-corrected chi connectivity index (χ2v) is 3.60. The molecule has 1 atom stereocenters. The van der Waals surface area contributed by atoms with Gasteiger partial charge in [0.15, 0.2) is 0 Å². The van der Waals surface area contributed by atoms with Crippen molar-refractivity contribution in [2.45, 2.75) is 6.42 Å². The first kappa shape index (κ1) is 6.62. The Balaban J connectivity index is 1.78. The molecular weight excluding hydrogens is 126 g/mol. The highest BCUT2D eigenvalue weighted by Crippen LogP contribution is 2.28. The second-order valence-electron chi connectivity index (χ2n) is 3.60. The van der Waals surface area contributed by atoms with Gasteiger partial charge in [-0.1, -0.05) is 0 Å². The van der Waals surface area contributed by atoms with Gasteiger partial charge in [-0.15, -0.1) is 0 Å². The van der Waals surface area contributed by atoms with Gasteiger partial charge in [-0.25, -0.2) is 0 Å². The Kier molecular flexibility index (Phi) is 1.66. The Bertz CT molecular complexity index is 114. The molecule has 0 bridgehead atoms. The molecule has 10 heavy (non-hydrogen) atoms. The van der Waals surface area contributed by atoms with Gasteiger partial charge in [0, 0.05) is 26.3 Å². The summed E-state index contributed by atoms with van der Waals surface area (Å²) in [4.78, 5) is 2.38. The van der Waals surface area contributed by atoms with Gasteiger partial charge in [-0.2, -0.15) is 0 Å². The zero-order valence-electron chi connectivity index (χ0n) is 6.55. The highest BCUT2D eigenvalue weighted by molar-refractivity contribution is 4.84. The van der Waals surface area contributed by atoms with Crippen LogP contribution in [0, 0.1) is 11.8 Å². The average molecular weight is 141 g/mol. The molecule has 0 aliphatic carbocycles. The normalized spacial score (nSPS) is 36.3. The molecule has 0 spiro atoms. The number of hydrogen-bond donors (Lipinski definition) is 0. The van der Waals surface area contributed by atoms with Crippen molar-refractivity contribution in [1.29, 1.82) is 0 Å². The fourth-order valence-electron chi connectivity index (χ4n) is 1.97. The minimum absolute atomic E-state index is 0.885. The number of nitrogens with zero attached hydrogens (tertiary/aromatic N) is 1. The summed E-state index contributed by atoms with van der Waals surface area (Å²) in [5, 5.41) is 0. The van der Waals surface area contributed by atoms with E-state index in [9.17, 15) is 0 Å². The lowest BCUT2D eigenvalue weighted by molar-refractivity contribution is 0.0727. The Morgan fingerprint density at radius 2 is 2.10 bits per heavy atom. The molecule has 2 aliphatic rings. The third-order valence-corrected chi connectivity index (χ3v) is 2.72. The predicted octanol–water partition coefficient (Wildman–Crippen LogP) is 0.585. The van der Waals surface area contributed by atoms with Crippen LogP contribution in [0.4, 0.5) is 0 Å². The number of rotatable bonds is 1. The molecule has 0 amide bonds. The van der Waals surface area contributed by atoms with Crippen LogP contribution in [-0.2, 0) is 4.74 Å². The van der Waals surface area contributed by atoms with Gasteiger partial charge in [-0.05, 0) is 25.3 Å². The van der Waals surface area contributed by atoms with E-state index in [0.29, 0.717) is 0 Å². The summed E-state index contributed by atoms with van der Waals surface area (Å²) < 4.78 is 5.33. The van der Waals surface area contributed by atoms with E-state index in [1.165, 1.54) is 19.5 Å². The Morgan fingerprint density at radius 3 is 2.60 bits per heavy atom. The van der Waals surface area contributed by atoms with Gasteiger partial charge in [0.05, 0.1) is 0 Å². The van der Waals surface area contributed by atoms with Crippen LogP contribution in [0.5, 0.6) is 0 Å². The molecule has 0 aromatic heterocycles. The maximum absolute atomic E-state index is 5.33. The van der Waals surface area contributed by atoms with E-state index >= 15 is 0 Å². The molecular formula is C8H15NO. The van der Waals surface area contributed by atoms with Crippen molar-refractivity contribution < 1.29 is 4.74 Å². The fraction of sp³-hybridized carbons (Fsp3) is 1.00. The van der Waals surface area contributed by atoms with E-state index in [4.69, 9.17) is 4.74 Å². The van der Waals surface area contributed by atoms with Crippen molar-refractivity contribution >= 4 is 0 Å². The van der Waals surface area contributed by atoms with Crippen molar-refractivity contribution in [2.24, 2.45) is 11.8 Å². The second kappa shape index (κ2) is 2.51. The first-order chi connectivity index (χ1) is 4.86. The summed E-state index contributed by atoms with van der Waals surface area (Å²) in [5.74, 6) is 1.84. The van der Waals surface area contributed by atoms with Gasteiger partial charge >= 0.3 is 0 Å². The van der Waals surface area contributed by atoms with Gasteiger partial charge in [-0.3, -0.25) is 0 Å². The molecule has 0 aromatic carbocycles. The van der Waals surface area contributed by atoms with Crippen LogP contribution in [0.15, 0.2) is 0 Å². The van der Waals surface area contributed by atoms with Crippen LogP contribution in [0.2, 0.25) is 0 Å². The van der Waals surface area contributed by atoms with Crippen LogP contribution in [0.3, 0.4) is 0 Å². The summed E-state index contributed by atoms with van der Waals surface area (Å²) in [5.41, 5.74) is 0. The van der Waals surface area contributed by atoms with E-state index in [0.717, 1.165) is 25.0 Å². The van der Waals surface area contributed by atoms with Crippen molar-refractivity contribution in [1.82, 2.24) is 4.90 Å². The summed E-state index contributed by atoms with van der Waals surface area (Å²) in [7, 11) is 2.19. The third-order valence-electron chi connectivity index (χ3n) is 2.72. The lowest BCUT2D eigenvalue weighted by atomic mass is 9.86. The van der Waals surface area contributed by atoms with Gasteiger partial charge < -0.3 is 9.64 Å². The van der Waals surface area contributed by atoms with Gasteiger partial charge in [0.25, 0.3) is 0 Å². The summed E-state index contributed by atoms with van der Waals surface area (Å²) in [6, 6.07) is 0. The molecule has 2 heterocycles. The molecule has 58 valence electrons. The van der Waals surface area contributed by atoms with Crippen LogP contribution in [-0.4, -0.2) is 38.3 Å². The lowest BCUT2D eigenvalue weighted by Gasteiger charge is -2.39. The van der Waals surface area contributed by atoms with E-state index in [1.807, 2.05) is 0 Å². The molecule has 2 saturated heterocycles. The van der Waals surface area contributed by atoms with Crippen molar-refractivity contribution in [2.75, 3.05) is 33.4 Å². The lowest BCUT2D eigenvalue weighted by Crippen LogP contribution is -2.47. The maximum Gasteiger partial charge on any atom is 0.0498 e. The molecule has 2 fully saturated rings. The number of likely N-dealkylation sites (tertiary alicyclic amines) is 1. The topological polar surface area (TPSA) is 12.5 Å². The molecule has 0 aromatic rings. The molecule has 2 heteroatoms. The molecule has 2 aliphatic heterocycles. The van der Waals surface area contributed by atoms with E-state index < -0.39 is 0 Å². The fourth-order valence-corrected chi connectivity index (χ4v) is 1.97. The molecule has 1 unspecified atom stereocenters. The van der Waals surface area contributed by atoms with E-state index in [1.54, 1.807) is 0 Å². The number of hydrogen-bond acceptors (Lipinski definition) is 2. The van der Waals surface area contributed by atoms with Crippen molar-refractivity contribution in [3.8, 4) is 0 Å². The minimum Gasteiger partial charge on any atom is -0.381 e. The monoisotopic (exact) mass is 141 g/mol. The smallest absolute Gasteiger partial charge is 0.0498 e. The zero-order chi connectivity index (χ0) is 6.97. The Morgan fingerprint density at radius 1 is 1.30 bits per heavy atom. The largest absolute Gasteiger partial charge is 0.381 e. The molecule has 0 saturated carbocycles. The van der Waals surface area contributed by atoms with Crippen molar-refractivity contribution in [3.63, 3.8) is 0 Å². The van der Waals surface area contributed by atoms with Crippen LogP contribution in [0.1, 0.15) is 6.42 Å². The zero-order valence-corrected chi connectivity index (χ0v) is 6.55. The van der Waals surface area contributed by atoms with Gasteiger partial charge in [0.2, 0.25) is 0 Å². The summed E-state index contributed by atoms with van der Waals surface area (Å²) in [6.45, 7) is 4.63. The van der Waals surface area contributed by atoms with Crippen LogP contribution >= 0.6 is 0 Å². The van der Waals surface area contributed by atoms with Crippen LogP contribution < -0.4 is 0 Å². The van der Waals surface area contributed by atoms with E-state index in [-0.39, 0.29) is 0 Å². The SMILES string of the molecule is CN1CC(C2CCOC2)C1. The first-order valence-corrected chi connectivity index (χ1v) is 4.12. The highest BCUT2D eigenvalue weighted by Gasteiger charge is 2.32. The Hall–Kier alpha value is -0.0800. The third kappa shape index (κ3) is 1.06. The molecule has 0 radical (unpaired) electrons. The molecule has 0 N–H and O–H groups in total.